The topological polar surface area (TPSA) is 36.7 Å². The van der Waals surface area contributed by atoms with Crippen molar-refractivity contribution in [3.8, 4) is 6.07 Å². The number of hydrogen-bond donors (Lipinski definition) is 0. The molecule has 1 aromatic rings. The third kappa shape index (κ3) is 3.91. The van der Waals surface area contributed by atoms with Crippen molar-refractivity contribution in [1.29, 1.82) is 5.26 Å². The zero-order valence-electron chi connectivity index (χ0n) is 8.28. The molecule has 0 amide bonds. The molecule has 0 unspecified atom stereocenters. The Morgan fingerprint density at radius 3 is 1.71 bits per heavy atom. The molecule has 2 rings (SSSR count). The Labute approximate surface area is 124 Å². The van der Waals surface area contributed by atoms with E-state index in [0.29, 0.717) is 0 Å². The summed E-state index contributed by atoms with van der Waals surface area (Å²) in [4.78, 5) is 3.62. The van der Waals surface area contributed by atoms with E-state index in [1.807, 2.05) is 6.08 Å². The lowest BCUT2D eigenvalue weighted by Gasteiger charge is -2.01. The van der Waals surface area contributed by atoms with Gasteiger partial charge in [0.1, 0.15) is 0 Å². The smallest absolute Gasteiger partial charge is 0.151 e. The molecule has 90 valence electrons. The molecule has 0 radical (unpaired) electrons. The highest BCUT2D eigenvalue weighted by Gasteiger charge is 2.12. The molecule has 1 aliphatic rings. The Hall–Kier alpha value is -0.170. The second-order valence-electron chi connectivity index (χ2n) is 3.02. The summed E-state index contributed by atoms with van der Waals surface area (Å²) in [5, 5.41) is 8.51. The highest BCUT2D eigenvalue weighted by Crippen LogP contribution is 2.37. The fraction of sp³-hybridized carbons (Fsp3) is 0.200. The molecular weight excluding hydrogens is 325 g/mol. The summed E-state index contributed by atoms with van der Waals surface area (Å²) in [6.45, 7) is 0. The van der Waals surface area contributed by atoms with Crippen LogP contribution in [0.15, 0.2) is 11.6 Å². The molecular formula is C10H5Cl5N2. The molecule has 0 bridgehead atoms. The van der Waals surface area contributed by atoms with Gasteiger partial charge in [0, 0.05) is 5.57 Å². The van der Waals surface area contributed by atoms with E-state index in [0.717, 1.165) is 18.4 Å². The van der Waals surface area contributed by atoms with E-state index >= 15 is 0 Å². The number of nitrogens with zero attached hydrogens (tertiary/aromatic N) is 2. The van der Waals surface area contributed by atoms with Crippen LogP contribution in [0.25, 0.3) is 0 Å². The van der Waals surface area contributed by atoms with E-state index in [1.165, 1.54) is 0 Å². The standard InChI is InChI=1S/C5Cl5N.C5H5N/c6-1-2(7)4(9)11-5(10)3(1)8;6-4-5-2-1-3-5/h;2H,1,3H2. The first-order valence-corrected chi connectivity index (χ1v) is 6.31. The maximum atomic E-state index is 8.07. The SMILES string of the molecule is Clc1nc(Cl)c(Cl)c(Cl)c1Cl.N#CC1=CCC1. The number of aromatic nitrogens is 1. The van der Waals surface area contributed by atoms with Gasteiger partial charge in [-0.05, 0) is 12.8 Å². The zero-order valence-corrected chi connectivity index (χ0v) is 12.1. The normalized spacial score (nSPS) is 12.8. The van der Waals surface area contributed by atoms with Gasteiger partial charge in [-0.1, -0.05) is 64.1 Å². The Balaban J connectivity index is 0.000000202. The summed E-state index contributed by atoms with van der Waals surface area (Å²) in [6.07, 6.45) is 4.08. The van der Waals surface area contributed by atoms with E-state index in [4.69, 9.17) is 63.3 Å². The predicted octanol–water partition coefficient (Wildman–Crippen LogP) is 5.58. The molecule has 0 aromatic carbocycles. The molecule has 1 heterocycles. The van der Waals surface area contributed by atoms with E-state index in [9.17, 15) is 0 Å². The lowest BCUT2D eigenvalue weighted by Crippen LogP contribution is -1.87. The molecule has 0 atom stereocenters. The molecule has 0 saturated carbocycles. The summed E-state index contributed by atoms with van der Waals surface area (Å²) in [5.41, 5.74) is 0.954. The van der Waals surface area contributed by atoms with Gasteiger partial charge in [0.15, 0.2) is 10.3 Å². The summed E-state index contributed by atoms with van der Waals surface area (Å²) >= 11 is 27.8. The van der Waals surface area contributed by atoms with Crippen LogP contribution >= 0.6 is 58.0 Å². The van der Waals surface area contributed by atoms with Gasteiger partial charge < -0.3 is 0 Å². The van der Waals surface area contributed by atoms with E-state index < -0.39 is 0 Å². The van der Waals surface area contributed by atoms with Crippen LogP contribution in [0.3, 0.4) is 0 Å². The van der Waals surface area contributed by atoms with E-state index in [-0.39, 0.29) is 25.4 Å². The van der Waals surface area contributed by atoms with Crippen molar-refractivity contribution in [1.82, 2.24) is 4.98 Å². The van der Waals surface area contributed by atoms with Crippen LogP contribution in [0.5, 0.6) is 0 Å². The fourth-order valence-electron chi connectivity index (χ4n) is 0.852. The Bertz CT molecular complexity index is 478. The third-order valence-electron chi connectivity index (χ3n) is 1.89. The number of halogens is 5. The van der Waals surface area contributed by atoms with Gasteiger partial charge in [-0.15, -0.1) is 0 Å². The highest BCUT2D eigenvalue weighted by atomic mass is 35.5. The molecule has 7 heteroatoms. The van der Waals surface area contributed by atoms with E-state index in [2.05, 4.69) is 11.1 Å². The number of rotatable bonds is 0. The Morgan fingerprint density at radius 1 is 1.00 bits per heavy atom. The van der Waals surface area contributed by atoms with Gasteiger partial charge in [0.05, 0.1) is 21.1 Å². The Kier molecular flexibility index (Phi) is 5.85. The van der Waals surface area contributed by atoms with Crippen molar-refractivity contribution in [3.05, 3.63) is 37.0 Å². The van der Waals surface area contributed by atoms with E-state index in [1.54, 1.807) is 0 Å². The quantitative estimate of drug-likeness (QED) is 0.582. The lowest BCUT2D eigenvalue weighted by molar-refractivity contribution is 0.911. The number of pyridine rings is 1. The second kappa shape index (κ2) is 6.68. The maximum Gasteiger partial charge on any atom is 0.151 e. The summed E-state index contributed by atoms with van der Waals surface area (Å²) in [6, 6.07) is 2.06. The van der Waals surface area contributed by atoms with Gasteiger partial charge in [0.25, 0.3) is 0 Å². The van der Waals surface area contributed by atoms with Crippen LogP contribution in [0.1, 0.15) is 12.8 Å². The number of allylic oxidation sites excluding steroid dienone is 2. The minimum atomic E-state index is 0.0473. The first-order valence-electron chi connectivity index (χ1n) is 4.42. The molecule has 1 aromatic heterocycles. The van der Waals surface area contributed by atoms with Crippen LogP contribution in [0.4, 0.5) is 0 Å². The number of nitriles is 1. The van der Waals surface area contributed by atoms with Crippen molar-refractivity contribution in [2.75, 3.05) is 0 Å². The number of hydrogen-bond acceptors (Lipinski definition) is 2. The summed E-state index contributed by atoms with van der Waals surface area (Å²) < 4.78 is 0. The van der Waals surface area contributed by atoms with Gasteiger partial charge >= 0.3 is 0 Å². The van der Waals surface area contributed by atoms with Crippen molar-refractivity contribution in [2.24, 2.45) is 0 Å². The molecule has 17 heavy (non-hydrogen) atoms. The first-order chi connectivity index (χ1) is 7.97. The Morgan fingerprint density at radius 2 is 1.47 bits per heavy atom. The van der Waals surface area contributed by atoms with Crippen molar-refractivity contribution in [2.45, 2.75) is 12.8 Å². The monoisotopic (exact) mass is 328 g/mol. The van der Waals surface area contributed by atoms with Gasteiger partial charge in [-0.25, -0.2) is 4.98 Å². The largest absolute Gasteiger partial charge is 0.221 e. The van der Waals surface area contributed by atoms with Crippen LogP contribution < -0.4 is 0 Å². The molecule has 0 aliphatic heterocycles. The van der Waals surface area contributed by atoms with Crippen molar-refractivity contribution < 1.29 is 0 Å². The third-order valence-corrected chi connectivity index (χ3v) is 3.94. The average Bonchev–Trinajstić information content (AvgIpc) is 2.23. The molecule has 2 nitrogen and oxygen atoms in total. The van der Waals surface area contributed by atoms with Crippen LogP contribution in [-0.2, 0) is 0 Å². The van der Waals surface area contributed by atoms with Gasteiger partial charge in [0.2, 0.25) is 0 Å². The molecule has 0 fully saturated rings. The molecule has 0 saturated heterocycles. The molecule has 0 spiro atoms. The van der Waals surface area contributed by atoms with Crippen LogP contribution in [0.2, 0.25) is 25.4 Å². The van der Waals surface area contributed by atoms with Gasteiger partial charge in [-0.3, -0.25) is 0 Å². The average molecular weight is 330 g/mol. The molecule has 1 aliphatic carbocycles. The lowest BCUT2D eigenvalue weighted by atomic mass is 10.0. The van der Waals surface area contributed by atoms with Crippen LogP contribution in [-0.4, -0.2) is 4.98 Å². The van der Waals surface area contributed by atoms with Crippen molar-refractivity contribution >= 4 is 58.0 Å². The zero-order chi connectivity index (χ0) is 13.0. The minimum absolute atomic E-state index is 0.0473. The maximum absolute atomic E-state index is 8.07. The fourth-order valence-corrected chi connectivity index (χ4v) is 1.85. The first kappa shape index (κ1) is 14.9. The molecule has 0 N–H and O–H groups in total. The van der Waals surface area contributed by atoms with Gasteiger partial charge in [-0.2, -0.15) is 5.26 Å². The van der Waals surface area contributed by atoms with Crippen molar-refractivity contribution in [3.63, 3.8) is 0 Å². The summed E-state index contributed by atoms with van der Waals surface area (Å²) in [7, 11) is 0. The highest BCUT2D eigenvalue weighted by molar-refractivity contribution is 6.53. The predicted molar refractivity (Wildman–Crippen MR) is 72.2 cm³/mol. The second-order valence-corrected chi connectivity index (χ2v) is 4.87. The summed E-state index contributed by atoms with van der Waals surface area (Å²) in [5.74, 6) is 0. The minimum Gasteiger partial charge on any atom is -0.221 e. The van der Waals surface area contributed by atoms with Crippen LogP contribution in [0, 0.1) is 11.3 Å².